The summed E-state index contributed by atoms with van der Waals surface area (Å²) in [5.41, 5.74) is 0. The number of piperidine rings is 1. The molecule has 2 rings (SSSR count). The molecule has 0 saturated carbocycles. The number of hydrogen-bond acceptors (Lipinski definition) is 4. The predicted molar refractivity (Wildman–Crippen MR) is 72.5 cm³/mol. The van der Waals surface area contributed by atoms with Crippen LogP contribution in [0.1, 0.15) is 26.2 Å². The molecule has 0 aromatic carbocycles. The van der Waals surface area contributed by atoms with E-state index in [1.807, 2.05) is 6.92 Å². The molecule has 2 aliphatic heterocycles. The van der Waals surface area contributed by atoms with Crippen LogP contribution in [0, 0.1) is 5.92 Å². The fraction of sp³-hybridized carbons (Fsp3) is 0.917. The Morgan fingerprint density at radius 1 is 1.20 bits per heavy atom. The van der Waals surface area contributed by atoms with Crippen molar-refractivity contribution in [1.82, 2.24) is 8.61 Å². The third-order valence-corrected chi connectivity index (χ3v) is 5.77. The lowest BCUT2D eigenvalue weighted by Gasteiger charge is -2.34. The van der Waals surface area contributed by atoms with Gasteiger partial charge in [0.15, 0.2) is 0 Å². The summed E-state index contributed by atoms with van der Waals surface area (Å²) < 4.78 is 33.4. The summed E-state index contributed by atoms with van der Waals surface area (Å²) in [5.74, 6) is -1.52. The molecule has 0 spiro atoms. The summed E-state index contributed by atoms with van der Waals surface area (Å²) in [4.78, 5) is 11.1. The molecular weight excluding hydrogens is 284 g/mol. The highest BCUT2D eigenvalue weighted by atomic mass is 32.2. The average molecular weight is 306 g/mol. The van der Waals surface area contributed by atoms with E-state index < -0.39 is 22.1 Å². The largest absolute Gasteiger partial charge is 0.481 e. The molecule has 0 bridgehead atoms. The second kappa shape index (κ2) is 6.38. The van der Waals surface area contributed by atoms with E-state index in [1.165, 1.54) is 8.61 Å². The molecule has 2 unspecified atom stereocenters. The van der Waals surface area contributed by atoms with Gasteiger partial charge in [-0.1, -0.05) is 0 Å². The molecule has 1 N–H and O–H groups in total. The highest BCUT2D eigenvalue weighted by Crippen LogP contribution is 2.22. The van der Waals surface area contributed by atoms with E-state index in [1.54, 1.807) is 0 Å². The lowest BCUT2D eigenvalue weighted by atomic mass is 10.0. The molecular formula is C12H22N2O5S. The Labute approximate surface area is 119 Å². The van der Waals surface area contributed by atoms with E-state index in [0.29, 0.717) is 45.5 Å². The number of ether oxygens (including phenoxy) is 1. The maximum atomic E-state index is 12.6. The highest BCUT2D eigenvalue weighted by molar-refractivity contribution is 7.86. The Morgan fingerprint density at radius 2 is 1.85 bits per heavy atom. The summed E-state index contributed by atoms with van der Waals surface area (Å²) in [5, 5.41) is 9.06. The molecule has 0 amide bonds. The van der Waals surface area contributed by atoms with Gasteiger partial charge in [-0.05, 0) is 26.2 Å². The van der Waals surface area contributed by atoms with Crippen LogP contribution in [-0.2, 0) is 19.7 Å². The molecule has 116 valence electrons. The van der Waals surface area contributed by atoms with Crippen molar-refractivity contribution >= 4 is 16.2 Å². The van der Waals surface area contributed by atoms with Gasteiger partial charge < -0.3 is 9.84 Å². The van der Waals surface area contributed by atoms with E-state index in [9.17, 15) is 13.2 Å². The zero-order valence-corrected chi connectivity index (χ0v) is 12.5. The summed E-state index contributed by atoms with van der Waals surface area (Å²) in [6, 6.07) is 0. The van der Waals surface area contributed by atoms with Crippen LogP contribution < -0.4 is 0 Å². The van der Waals surface area contributed by atoms with Crippen LogP contribution in [0.2, 0.25) is 0 Å². The Kier molecular flexibility index (Phi) is 5.00. The van der Waals surface area contributed by atoms with E-state index >= 15 is 0 Å². The first-order chi connectivity index (χ1) is 9.41. The van der Waals surface area contributed by atoms with Crippen molar-refractivity contribution < 1.29 is 23.1 Å². The number of nitrogens with zero attached hydrogens (tertiary/aromatic N) is 2. The molecule has 7 nitrogen and oxygen atoms in total. The lowest BCUT2D eigenvalue weighted by molar-refractivity contribution is -0.142. The maximum absolute atomic E-state index is 12.6. The van der Waals surface area contributed by atoms with E-state index in [4.69, 9.17) is 9.84 Å². The van der Waals surface area contributed by atoms with Crippen LogP contribution in [0.3, 0.4) is 0 Å². The standard InChI is InChI=1S/C12H22N2O5S/c1-10-8-13(6-3-7-19-10)20(17,18)14-5-2-4-11(9-14)12(15)16/h10-11H,2-9H2,1H3,(H,15,16). The molecule has 8 heteroatoms. The summed E-state index contributed by atoms with van der Waals surface area (Å²) in [6.07, 6.45) is 1.67. The first-order valence-electron chi connectivity index (χ1n) is 7.01. The van der Waals surface area contributed by atoms with Gasteiger partial charge in [-0.2, -0.15) is 17.0 Å². The highest BCUT2D eigenvalue weighted by Gasteiger charge is 2.36. The van der Waals surface area contributed by atoms with E-state index in [-0.39, 0.29) is 12.6 Å². The number of hydrogen-bond donors (Lipinski definition) is 1. The molecule has 0 aromatic heterocycles. The summed E-state index contributed by atoms with van der Waals surface area (Å²) >= 11 is 0. The van der Waals surface area contributed by atoms with Crippen molar-refractivity contribution in [3.8, 4) is 0 Å². The second-order valence-electron chi connectivity index (χ2n) is 5.44. The zero-order valence-electron chi connectivity index (χ0n) is 11.7. The van der Waals surface area contributed by atoms with Crippen LogP contribution in [0.15, 0.2) is 0 Å². The van der Waals surface area contributed by atoms with Crippen molar-refractivity contribution in [3.63, 3.8) is 0 Å². The molecule has 0 radical (unpaired) electrons. The van der Waals surface area contributed by atoms with Gasteiger partial charge in [0.2, 0.25) is 0 Å². The van der Waals surface area contributed by atoms with Crippen LogP contribution in [0.25, 0.3) is 0 Å². The van der Waals surface area contributed by atoms with Gasteiger partial charge in [-0.15, -0.1) is 0 Å². The fourth-order valence-electron chi connectivity index (χ4n) is 2.68. The number of carbonyl (C=O) groups is 1. The van der Waals surface area contributed by atoms with Crippen LogP contribution >= 0.6 is 0 Å². The first-order valence-corrected chi connectivity index (χ1v) is 8.40. The minimum absolute atomic E-state index is 0.0728. The Morgan fingerprint density at radius 3 is 2.55 bits per heavy atom. The SMILES string of the molecule is CC1CN(S(=O)(=O)N2CCCC(C(=O)O)C2)CCCO1. The van der Waals surface area contributed by atoms with Gasteiger partial charge in [-0.3, -0.25) is 4.79 Å². The summed E-state index contributed by atoms with van der Waals surface area (Å²) in [7, 11) is -3.58. The van der Waals surface area contributed by atoms with Crippen molar-refractivity contribution in [2.24, 2.45) is 5.92 Å². The van der Waals surface area contributed by atoms with Gasteiger partial charge in [0.25, 0.3) is 10.2 Å². The van der Waals surface area contributed by atoms with Gasteiger partial charge in [0.1, 0.15) is 0 Å². The van der Waals surface area contributed by atoms with E-state index in [0.717, 1.165) is 0 Å². The van der Waals surface area contributed by atoms with Crippen LogP contribution in [-0.4, -0.2) is 67.0 Å². The Bertz CT molecular complexity index is 453. The van der Waals surface area contributed by atoms with E-state index in [2.05, 4.69) is 0 Å². The zero-order chi connectivity index (χ0) is 14.8. The average Bonchev–Trinajstić information content (AvgIpc) is 2.64. The molecule has 0 aliphatic carbocycles. The molecule has 2 saturated heterocycles. The van der Waals surface area contributed by atoms with Crippen LogP contribution in [0.5, 0.6) is 0 Å². The second-order valence-corrected chi connectivity index (χ2v) is 7.36. The molecule has 20 heavy (non-hydrogen) atoms. The predicted octanol–water partition coefficient (Wildman–Crippen LogP) is 0.139. The quantitative estimate of drug-likeness (QED) is 0.801. The third kappa shape index (κ3) is 3.49. The minimum Gasteiger partial charge on any atom is -0.481 e. The van der Waals surface area contributed by atoms with Crippen molar-refractivity contribution in [1.29, 1.82) is 0 Å². The monoisotopic (exact) mass is 306 g/mol. The Balaban J connectivity index is 2.10. The molecule has 2 atom stereocenters. The minimum atomic E-state index is -3.58. The van der Waals surface area contributed by atoms with Gasteiger partial charge >= 0.3 is 5.97 Å². The number of aliphatic carboxylic acids is 1. The maximum Gasteiger partial charge on any atom is 0.307 e. The molecule has 2 heterocycles. The van der Waals surface area contributed by atoms with Gasteiger partial charge in [0, 0.05) is 32.8 Å². The lowest BCUT2D eigenvalue weighted by Crippen LogP contribution is -2.50. The van der Waals surface area contributed by atoms with Crippen molar-refractivity contribution in [2.75, 3.05) is 32.8 Å². The van der Waals surface area contributed by atoms with Crippen molar-refractivity contribution in [2.45, 2.75) is 32.3 Å². The Hall–Kier alpha value is -0.700. The van der Waals surface area contributed by atoms with Crippen molar-refractivity contribution in [3.05, 3.63) is 0 Å². The molecule has 0 aromatic rings. The smallest absolute Gasteiger partial charge is 0.307 e. The van der Waals surface area contributed by atoms with Gasteiger partial charge in [-0.25, -0.2) is 0 Å². The normalized spacial score (nSPS) is 30.9. The number of rotatable bonds is 3. The van der Waals surface area contributed by atoms with Crippen LogP contribution in [0.4, 0.5) is 0 Å². The molecule has 2 fully saturated rings. The molecule has 2 aliphatic rings. The number of carboxylic acid groups (broad SMARTS) is 1. The first kappa shape index (κ1) is 15.7. The fourth-order valence-corrected chi connectivity index (χ4v) is 4.50. The summed E-state index contributed by atoms with van der Waals surface area (Å²) in [6.45, 7) is 3.65. The number of carboxylic acids is 1. The third-order valence-electron chi connectivity index (χ3n) is 3.80. The van der Waals surface area contributed by atoms with Gasteiger partial charge in [0.05, 0.1) is 12.0 Å². The topological polar surface area (TPSA) is 87.2 Å².